The van der Waals surface area contributed by atoms with E-state index in [2.05, 4.69) is 16.0 Å². The molecule has 0 aliphatic carbocycles. The Morgan fingerprint density at radius 3 is 2.27 bits per heavy atom. The average molecular weight is 627 g/mol. The highest BCUT2D eigenvalue weighted by Crippen LogP contribution is 2.38. The molecule has 1 unspecified atom stereocenters. The first-order valence-corrected chi connectivity index (χ1v) is 15.1. The monoisotopic (exact) mass is 626 g/mol. The Morgan fingerprint density at radius 2 is 1.73 bits per heavy atom. The number of Topliss-reactive ketones (excluding diaryl/α,β-unsaturated/α-hetero) is 1. The molecule has 1 heterocycles. The van der Waals surface area contributed by atoms with E-state index >= 15 is 0 Å². The fraction of sp³-hybridized carbons (Fsp3) is 0.485. The van der Waals surface area contributed by atoms with Gasteiger partial charge >= 0.3 is 6.09 Å². The quantitative estimate of drug-likeness (QED) is 0.242. The largest absolute Gasteiger partial charge is 0.436 e. The fourth-order valence-electron chi connectivity index (χ4n) is 5.64. The summed E-state index contributed by atoms with van der Waals surface area (Å²) in [6.45, 7) is 11.3. The molecule has 1 saturated heterocycles. The molecule has 0 spiro atoms. The fourth-order valence-corrected chi connectivity index (χ4v) is 5.83. The molecule has 44 heavy (non-hydrogen) atoms. The van der Waals surface area contributed by atoms with Gasteiger partial charge in [-0.1, -0.05) is 81.8 Å². The Hall–Kier alpha value is -3.92. The number of halogens is 1. The van der Waals surface area contributed by atoms with Crippen molar-refractivity contribution in [2.75, 3.05) is 0 Å². The zero-order chi connectivity index (χ0) is 32.8. The van der Waals surface area contributed by atoms with E-state index in [1.54, 1.807) is 6.07 Å². The minimum absolute atomic E-state index is 0.0712. The van der Waals surface area contributed by atoms with Gasteiger partial charge in [-0.25, -0.2) is 4.79 Å². The second-order valence-electron chi connectivity index (χ2n) is 13.0. The van der Waals surface area contributed by atoms with Gasteiger partial charge in [0.2, 0.25) is 11.7 Å². The molecule has 2 aromatic carbocycles. The van der Waals surface area contributed by atoms with Gasteiger partial charge in [0.15, 0.2) is 6.10 Å². The highest BCUT2D eigenvalue weighted by atomic mass is 35.5. The lowest BCUT2D eigenvalue weighted by molar-refractivity contribution is -0.140. The Bertz CT molecular complexity index is 1380. The number of primary amides is 1. The van der Waals surface area contributed by atoms with Gasteiger partial charge in [-0.05, 0) is 62.3 Å². The van der Waals surface area contributed by atoms with Crippen LogP contribution in [0.4, 0.5) is 4.79 Å². The van der Waals surface area contributed by atoms with Crippen molar-refractivity contribution in [3.8, 4) is 0 Å². The number of hydrogen-bond acceptors (Lipinski definition) is 6. The summed E-state index contributed by atoms with van der Waals surface area (Å²) in [5.74, 6) is -4.01. The maximum atomic E-state index is 13.5. The van der Waals surface area contributed by atoms with Gasteiger partial charge in [0.25, 0.3) is 11.8 Å². The van der Waals surface area contributed by atoms with Gasteiger partial charge < -0.3 is 26.4 Å². The predicted octanol–water partition coefficient (Wildman–Crippen LogP) is 4.34. The molecule has 0 saturated carbocycles. The minimum Gasteiger partial charge on any atom is -0.436 e. The number of ether oxygens (including phenoxy) is 1. The van der Waals surface area contributed by atoms with Crippen LogP contribution >= 0.6 is 11.6 Å². The van der Waals surface area contributed by atoms with Crippen LogP contribution in [0.1, 0.15) is 78.0 Å². The highest BCUT2D eigenvalue weighted by molar-refractivity contribution is 6.38. The molecule has 0 bridgehead atoms. The van der Waals surface area contributed by atoms with E-state index in [1.807, 2.05) is 90.1 Å². The van der Waals surface area contributed by atoms with E-state index in [0.29, 0.717) is 11.4 Å². The van der Waals surface area contributed by atoms with Gasteiger partial charge in [-0.15, -0.1) is 0 Å². The normalized spacial score (nSPS) is 18.1. The van der Waals surface area contributed by atoms with E-state index < -0.39 is 58.8 Å². The zero-order valence-electron chi connectivity index (χ0n) is 26.1. The van der Waals surface area contributed by atoms with Crippen LogP contribution in [0.15, 0.2) is 54.6 Å². The summed E-state index contributed by atoms with van der Waals surface area (Å²) in [6.07, 6.45) is -1.71. The van der Waals surface area contributed by atoms with Crippen LogP contribution in [-0.4, -0.2) is 47.3 Å². The number of ketones is 1. The standard InChI is InChI=1S/C33H43ClN4O6/c1-19(2)15-25(30(42)36-24(26(39)28(35)40)16-21-18-32(3,4)38-29(21)41)44-31(43)37-27(20-11-8-7-9-12-20)33(5,6)22-13-10-14-23(34)17-22/h7-14,17,19,21,24-25,27H,15-16,18H2,1-6H3,(H2,35,40)(H,36,42)(H,37,43)(H,38,41)/t21-,24-,25-,27?/m0/s1. The van der Waals surface area contributed by atoms with Crippen LogP contribution in [-0.2, 0) is 29.3 Å². The summed E-state index contributed by atoms with van der Waals surface area (Å²) in [5.41, 5.74) is 5.81. The van der Waals surface area contributed by atoms with Crippen molar-refractivity contribution in [3.05, 3.63) is 70.7 Å². The Kier molecular flexibility index (Phi) is 11.2. The second kappa shape index (κ2) is 14.2. The third-order valence-electron chi connectivity index (χ3n) is 7.90. The maximum absolute atomic E-state index is 13.5. The maximum Gasteiger partial charge on any atom is 0.408 e. The van der Waals surface area contributed by atoms with Crippen LogP contribution in [0.3, 0.4) is 0 Å². The lowest BCUT2D eigenvalue weighted by atomic mass is 9.75. The summed E-state index contributed by atoms with van der Waals surface area (Å²) in [5, 5.41) is 8.87. The number of nitrogens with two attached hydrogens (primary N) is 1. The third-order valence-corrected chi connectivity index (χ3v) is 8.13. The highest BCUT2D eigenvalue weighted by Gasteiger charge is 2.41. The molecule has 0 radical (unpaired) electrons. The molecule has 3 rings (SSSR count). The molecule has 1 aliphatic heterocycles. The van der Waals surface area contributed by atoms with Crippen LogP contribution < -0.4 is 21.7 Å². The van der Waals surface area contributed by atoms with Gasteiger partial charge in [0.05, 0.1) is 12.1 Å². The van der Waals surface area contributed by atoms with Crippen molar-refractivity contribution < 1.29 is 28.7 Å². The van der Waals surface area contributed by atoms with Gasteiger partial charge in [0, 0.05) is 21.9 Å². The summed E-state index contributed by atoms with van der Waals surface area (Å²) in [4.78, 5) is 64.0. The molecule has 1 aliphatic rings. The molecule has 1 fully saturated rings. The Balaban J connectivity index is 1.84. The van der Waals surface area contributed by atoms with Crippen LogP contribution in [0.2, 0.25) is 5.02 Å². The van der Waals surface area contributed by atoms with Crippen molar-refractivity contribution in [1.29, 1.82) is 0 Å². The van der Waals surface area contributed by atoms with Crippen molar-refractivity contribution >= 4 is 41.2 Å². The molecule has 4 amide bonds. The topological polar surface area (TPSA) is 157 Å². The second-order valence-corrected chi connectivity index (χ2v) is 13.5. The molecule has 10 nitrogen and oxygen atoms in total. The number of carbonyl (C=O) groups is 5. The van der Waals surface area contributed by atoms with Crippen molar-refractivity contribution in [2.45, 2.75) is 89.9 Å². The van der Waals surface area contributed by atoms with E-state index in [1.165, 1.54) is 0 Å². The van der Waals surface area contributed by atoms with Crippen LogP contribution in [0.25, 0.3) is 0 Å². The molecule has 238 valence electrons. The number of rotatable bonds is 13. The number of nitrogens with one attached hydrogen (secondary N) is 3. The Labute approximate surface area is 263 Å². The van der Waals surface area contributed by atoms with Crippen LogP contribution in [0.5, 0.6) is 0 Å². The molecule has 0 aromatic heterocycles. The first-order valence-electron chi connectivity index (χ1n) is 14.7. The van der Waals surface area contributed by atoms with E-state index in [4.69, 9.17) is 22.1 Å². The third kappa shape index (κ3) is 9.05. The summed E-state index contributed by atoms with van der Waals surface area (Å²) in [6, 6.07) is 14.8. The number of alkyl carbamates (subject to hydrolysis) is 1. The number of carbonyl (C=O) groups excluding carboxylic acids is 5. The van der Waals surface area contributed by atoms with E-state index in [9.17, 15) is 24.0 Å². The summed E-state index contributed by atoms with van der Waals surface area (Å²) >= 11 is 6.29. The average Bonchev–Trinajstić information content (AvgIpc) is 3.20. The van der Waals surface area contributed by atoms with Crippen molar-refractivity contribution in [2.24, 2.45) is 17.6 Å². The van der Waals surface area contributed by atoms with E-state index in [-0.39, 0.29) is 24.7 Å². The zero-order valence-corrected chi connectivity index (χ0v) is 26.9. The van der Waals surface area contributed by atoms with Crippen LogP contribution in [0, 0.1) is 11.8 Å². The number of hydrogen-bond donors (Lipinski definition) is 4. The molecule has 2 aromatic rings. The Morgan fingerprint density at radius 1 is 1.07 bits per heavy atom. The summed E-state index contributed by atoms with van der Waals surface area (Å²) < 4.78 is 5.70. The first kappa shape index (κ1) is 34.6. The molecular weight excluding hydrogens is 584 g/mol. The van der Waals surface area contributed by atoms with Crippen molar-refractivity contribution in [1.82, 2.24) is 16.0 Å². The SMILES string of the molecule is CC(C)C[C@H](OC(=O)NC(c1ccccc1)C(C)(C)c1cccc(Cl)c1)C(=O)N[C@@H](C[C@H]1CC(C)(C)NC1=O)C(=O)C(N)=O. The minimum atomic E-state index is -1.36. The number of benzene rings is 2. The van der Waals surface area contributed by atoms with Gasteiger partial charge in [-0.3, -0.25) is 19.2 Å². The summed E-state index contributed by atoms with van der Waals surface area (Å²) in [7, 11) is 0. The van der Waals surface area contributed by atoms with E-state index in [0.717, 1.165) is 11.1 Å². The predicted molar refractivity (Wildman–Crippen MR) is 168 cm³/mol. The molecule has 5 N–H and O–H groups in total. The lowest BCUT2D eigenvalue weighted by Gasteiger charge is -2.36. The first-order chi connectivity index (χ1) is 20.5. The molecule has 4 atom stereocenters. The van der Waals surface area contributed by atoms with Crippen molar-refractivity contribution in [3.63, 3.8) is 0 Å². The number of amides is 4. The van der Waals surface area contributed by atoms with Gasteiger partial charge in [0.1, 0.15) is 0 Å². The van der Waals surface area contributed by atoms with Gasteiger partial charge in [-0.2, -0.15) is 0 Å². The molecule has 11 heteroatoms. The molecular formula is C33H43ClN4O6. The lowest BCUT2D eigenvalue weighted by Crippen LogP contribution is -2.52. The smallest absolute Gasteiger partial charge is 0.408 e.